The number of alkyl carbamates (subject to hydrolysis) is 1. The van der Waals surface area contributed by atoms with Gasteiger partial charge in [0.1, 0.15) is 6.61 Å². The Balaban J connectivity index is 1.30. The molecule has 0 saturated heterocycles. The molecule has 1 aliphatic carbocycles. The number of amides is 1. The molecule has 0 aromatic heterocycles. The van der Waals surface area contributed by atoms with E-state index in [4.69, 9.17) is 9.47 Å². The van der Waals surface area contributed by atoms with Crippen LogP contribution in [0.2, 0.25) is 0 Å². The zero-order valence-corrected chi connectivity index (χ0v) is 18.6. The summed E-state index contributed by atoms with van der Waals surface area (Å²) < 4.78 is 10.3. The average Bonchev–Trinajstić information content (AvgIpc) is 3.18. The second-order valence-corrected chi connectivity index (χ2v) is 7.88. The first kappa shape index (κ1) is 22.3. The zero-order chi connectivity index (χ0) is 23.0. The van der Waals surface area contributed by atoms with Crippen LogP contribution in [0.1, 0.15) is 34.6 Å². The maximum absolute atomic E-state index is 12.3. The summed E-state index contributed by atoms with van der Waals surface area (Å²) in [6.07, 6.45) is 4.31. The van der Waals surface area contributed by atoms with Gasteiger partial charge in [-0.25, -0.2) is 4.79 Å². The Hall–Kier alpha value is -3.86. The van der Waals surface area contributed by atoms with Gasteiger partial charge in [-0.05, 0) is 39.8 Å². The number of aryl methyl sites for hydroxylation is 1. The summed E-state index contributed by atoms with van der Waals surface area (Å²) in [7, 11) is 1.39. The van der Waals surface area contributed by atoms with Crippen molar-refractivity contribution in [1.29, 1.82) is 0 Å². The number of hydrogen-bond donors (Lipinski definition) is 1. The molecule has 0 unspecified atom stereocenters. The average molecular weight is 442 g/mol. The molecule has 0 radical (unpaired) electrons. The van der Waals surface area contributed by atoms with Gasteiger partial charge in [-0.2, -0.15) is 0 Å². The number of methoxy groups -OCH3 is 1. The largest absolute Gasteiger partial charge is 0.469 e. The zero-order valence-electron chi connectivity index (χ0n) is 18.6. The van der Waals surface area contributed by atoms with E-state index >= 15 is 0 Å². The molecular formula is C28H27NO4. The number of hydrogen-bond acceptors (Lipinski definition) is 4. The topological polar surface area (TPSA) is 64.6 Å². The van der Waals surface area contributed by atoms with Crippen molar-refractivity contribution in [3.8, 4) is 11.1 Å². The quantitative estimate of drug-likeness (QED) is 0.479. The first-order chi connectivity index (χ1) is 16.2. The van der Waals surface area contributed by atoms with E-state index in [1.54, 1.807) is 0 Å². The molecule has 0 spiro atoms. The normalized spacial score (nSPS) is 12.3. The fourth-order valence-electron chi connectivity index (χ4n) is 4.24. The van der Waals surface area contributed by atoms with Gasteiger partial charge in [0.15, 0.2) is 0 Å². The van der Waals surface area contributed by atoms with Crippen LogP contribution >= 0.6 is 0 Å². The van der Waals surface area contributed by atoms with Crippen LogP contribution < -0.4 is 5.32 Å². The van der Waals surface area contributed by atoms with Gasteiger partial charge in [0, 0.05) is 18.9 Å². The van der Waals surface area contributed by atoms with Crippen molar-refractivity contribution in [3.05, 3.63) is 101 Å². The van der Waals surface area contributed by atoms with Crippen molar-refractivity contribution in [1.82, 2.24) is 5.32 Å². The fraction of sp³-hybridized carbons (Fsp3) is 0.214. The van der Waals surface area contributed by atoms with Gasteiger partial charge in [0.05, 0.1) is 7.11 Å². The third-order valence-electron chi connectivity index (χ3n) is 5.89. The summed E-state index contributed by atoms with van der Waals surface area (Å²) in [5.41, 5.74) is 6.85. The van der Waals surface area contributed by atoms with Gasteiger partial charge in [-0.1, -0.05) is 84.9 Å². The number of benzene rings is 3. The second kappa shape index (κ2) is 10.6. The predicted octanol–water partition coefficient (Wildman–Crippen LogP) is 5.34. The van der Waals surface area contributed by atoms with Crippen LogP contribution in [0.5, 0.6) is 0 Å². The smallest absolute Gasteiger partial charge is 0.407 e. The van der Waals surface area contributed by atoms with Gasteiger partial charge in [0.2, 0.25) is 0 Å². The highest BCUT2D eigenvalue weighted by Gasteiger charge is 2.28. The molecule has 0 fully saturated rings. The maximum Gasteiger partial charge on any atom is 0.407 e. The summed E-state index contributed by atoms with van der Waals surface area (Å²) in [6.45, 7) is 0.641. The summed E-state index contributed by atoms with van der Waals surface area (Å²) in [6, 6.07) is 24.4. The van der Waals surface area contributed by atoms with E-state index in [2.05, 4.69) is 29.6 Å². The molecule has 1 N–H and O–H groups in total. The van der Waals surface area contributed by atoms with Crippen LogP contribution in [0, 0.1) is 0 Å². The minimum Gasteiger partial charge on any atom is -0.469 e. The molecule has 5 heteroatoms. The van der Waals surface area contributed by atoms with E-state index in [0.29, 0.717) is 26.0 Å². The van der Waals surface area contributed by atoms with Gasteiger partial charge in [-0.15, -0.1) is 0 Å². The fourth-order valence-corrected chi connectivity index (χ4v) is 4.24. The third kappa shape index (κ3) is 5.32. The number of rotatable bonds is 8. The number of fused-ring (bicyclic) bond motifs is 3. The van der Waals surface area contributed by atoms with Crippen LogP contribution in [-0.2, 0) is 20.7 Å². The Morgan fingerprint density at radius 1 is 0.909 bits per heavy atom. The van der Waals surface area contributed by atoms with Crippen molar-refractivity contribution in [2.24, 2.45) is 0 Å². The molecular weight excluding hydrogens is 414 g/mol. The highest BCUT2D eigenvalue weighted by molar-refractivity contribution is 5.79. The molecule has 0 heterocycles. The molecule has 5 nitrogen and oxygen atoms in total. The predicted molar refractivity (Wildman–Crippen MR) is 129 cm³/mol. The van der Waals surface area contributed by atoms with Crippen molar-refractivity contribution < 1.29 is 19.1 Å². The Labute approximate surface area is 194 Å². The van der Waals surface area contributed by atoms with Crippen molar-refractivity contribution in [2.75, 3.05) is 20.3 Å². The van der Waals surface area contributed by atoms with Gasteiger partial charge in [0.25, 0.3) is 0 Å². The molecule has 168 valence electrons. The molecule has 1 aliphatic rings. The first-order valence-electron chi connectivity index (χ1n) is 11.1. The Morgan fingerprint density at radius 3 is 2.24 bits per heavy atom. The lowest BCUT2D eigenvalue weighted by atomic mass is 9.98. The lowest BCUT2D eigenvalue weighted by Gasteiger charge is -2.14. The highest BCUT2D eigenvalue weighted by Crippen LogP contribution is 2.44. The summed E-state index contributed by atoms with van der Waals surface area (Å²) in [5.74, 6) is -0.189. The van der Waals surface area contributed by atoms with E-state index in [9.17, 15) is 9.59 Å². The summed E-state index contributed by atoms with van der Waals surface area (Å²) in [5, 5.41) is 2.78. The van der Waals surface area contributed by atoms with Crippen molar-refractivity contribution in [3.63, 3.8) is 0 Å². The van der Waals surface area contributed by atoms with Gasteiger partial charge < -0.3 is 14.8 Å². The minimum absolute atomic E-state index is 0.0420. The van der Waals surface area contributed by atoms with Gasteiger partial charge in [-0.3, -0.25) is 4.79 Å². The molecule has 33 heavy (non-hydrogen) atoms. The van der Waals surface area contributed by atoms with E-state index in [1.165, 1.54) is 29.4 Å². The van der Waals surface area contributed by atoms with E-state index in [-0.39, 0.29) is 11.9 Å². The monoisotopic (exact) mass is 441 g/mol. The first-order valence-corrected chi connectivity index (χ1v) is 11.1. The SMILES string of the molecule is COC(=O)CCc1ccccc1C=CCNC(=O)OCC1c2ccccc2-c2ccccc21. The van der Waals surface area contributed by atoms with Crippen molar-refractivity contribution >= 4 is 18.1 Å². The third-order valence-corrected chi connectivity index (χ3v) is 5.89. The molecule has 0 aliphatic heterocycles. The van der Waals surface area contributed by atoms with Crippen LogP contribution in [0.4, 0.5) is 4.79 Å². The number of carbonyl (C=O) groups is 2. The molecule has 0 atom stereocenters. The Bertz CT molecular complexity index is 1120. The van der Waals surface area contributed by atoms with E-state index in [0.717, 1.165) is 11.1 Å². The molecule has 1 amide bonds. The van der Waals surface area contributed by atoms with Crippen LogP contribution in [0.25, 0.3) is 17.2 Å². The summed E-state index contributed by atoms with van der Waals surface area (Å²) >= 11 is 0. The second-order valence-electron chi connectivity index (χ2n) is 7.88. The van der Waals surface area contributed by atoms with E-state index in [1.807, 2.05) is 60.7 Å². The molecule has 0 saturated carbocycles. The summed E-state index contributed by atoms with van der Waals surface area (Å²) in [4.78, 5) is 23.7. The molecule has 3 aromatic carbocycles. The maximum atomic E-state index is 12.3. The Kier molecular flexibility index (Phi) is 7.20. The minimum atomic E-state index is -0.444. The number of nitrogens with one attached hydrogen (secondary N) is 1. The highest BCUT2D eigenvalue weighted by atomic mass is 16.5. The molecule has 0 bridgehead atoms. The number of esters is 1. The number of ether oxygens (including phenoxy) is 2. The van der Waals surface area contributed by atoms with Crippen LogP contribution in [0.15, 0.2) is 78.9 Å². The van der Waals surface area contributed by atoms with E-state index < -0.39 is 6.09 Å². The molecule has 3 aromatic rings. The number of carbonyl (C=O) groups excluding carboxylic acids is 2. The van der Waals surface area contributed by atoms with Crippen molar-refractivity contribution in [2.45, 2.75) is 18.8 Å². The standard InChI is InChI=1S/C28H27NO4/c1-32-27(30)17-16-21-10-3-2-9-20(21)11-8-18-29-28(31)33-19-26-24-14-6-4-12-22(24)23-13-5-7-15-25(23)26/h2-15,26H,16-19H2,1H3,(H,29,31). The lowest BCUT2D eigenvalue weighted by Crippen LogP contribution is -2.26. The Morgan fingerprint density at radius 2 is 1.55 bits per heavy atom. The lowest BCUT2D eigenvalue weighted by molar-refractivity contribution is -0.140. The van der Waals surface area contributed by atoms with Crippen LogP contribution in [0.3, 0.4) is 0 Å². The molecule has 4 rings (SSSR count). The van der Waals surface area contributed by atoms with Crippen LogP contribution in [-0.4, -0.2) is 32.3 Å². The van der Waals surface area contributed by atoms with Gasteiger partial charge >= 0.3 is 12.1 Å².